The summed E-state index contributed by atoms with van der Waals surface area (Å²) in [6.45, 7) is 0. The number of benzene rings is 1. The van der Waals surface area contributed by atoms with Gasteiger partial charge in [-0.05, 0) is 43.2 Å². The zero-order valence-electron chi connectivity index (χ0n) is 9.51. The minimum absolute atomic E-state index is 0.142. The molecule has 2 fully saturated rings. The molecule has 0 amide bonds. The number of halogens is 1. The zero-order chi connectivity index (χ0) is 11.2. The second kappa shape index (κ2) is 3.30. The van der Waals surface area contributed by atoms with Crippen molar-refractivity contribution in [3.63, 3.8) is 0 Å². The maximum atomic E-state index is 14.1. The molecule has 0 unspecified atom stereocenters. The van der Waals surface area contributed by atoms with Crippen LogP contribution in [0.4, 0.5) is 4.39 Å². The Bertz CT molecular complexity index is 405. The van der Waals surface area contributed by atoms with E-state index in [4.69, 9.17) is 5.73 Å². The van der Waals surface area contributed by atoms with E-state index >= 15 is 0 Å². The molecule has 1 aromatic carbocycles. The maximum Gasteiger partial charge on any atom is 0.115 e. The summed E-state index contributed by atoms with van der Waals surface area (Å²) in [6, 6.07) is 8.12. The Hall–Kier alpha value is -0.890. The lowest BCUT2D eigenvalue weighted by molar-refractivity contribution is 0.0638. The highest BCUT2D eigenvalue weighted by molar-refractivity contribution is 5.38. The van der Waals surface area contributed by atoms with Gasteiger partial charge in [0.2, 0.25) is 0 Å². The Morgan fingerprint density at radius 1 is 1.12 bits per heavy atom. The topological polar surface area (TPSA) is 26.0 Å². The van der Waals surface area contributed by atoms with Crippen molar-refractivity contribution in [3.05, 3.63) is 35.4 Å². The highest BCUT2D eigenvalue weighted by Gasteiger charge is 2.43. The normalized spacial score (nSPS) is 24.9. The first kappa shape index (κ1) is 10.3. The van der Waals surface area contributed by atoms with Crippen molar-refractivity contribution in [2.24, 2.45) is 5.73 Å². The summed E-state index contributed by atoms with van der Waals surface area (Å²) in [5.41, 5.74) is 7.45. The van der Waals surface area contributed by atoms with Crippen LogP contribution in [0, 0.1) is 0 Å². The van der Waals surface area contributed by atoms with Crippen LogP contribution < -0.4 is 5.73 Å². The van der Waals surface area contributed by atoms with Crippen molar-refractivity contribution in [3.8, 4) is 0 Å². The third kappa shape index (κ3) is 1.65. The first-order valence-corrected chi connectivity index (χ1v) is 6.18. The molecule has 2 saturated carbocycles. The van der Waals surface area contributed by atoms with Crippen LogP contribution in [0.5, 0.6) is 0 Å². The molecule has 2 heteroatoms. The molecule has 0 atom stereocenters. The van der Waals surface area contributed by atoms with Gasteiger partial charge in [0.05, 0.1) is 0 Å². The van der Waals surface area contributed by atoms with Crippen LogP contribution in [-0.4, -0.2) is 5.67 Å². The lowest BCUT2D eigenvalue weighted by atomic mass is 9.76. The summed E-state index contributed by atoms with van der Waals surface area (Å²) < 4.78 is 14.1. The third-order valence-corrected chi connectivity index (χ3v) is 4.10. The number of nitrogens with two attached hydrogens (primary N) is 1. The van der Waals surface area contributed by atoms with Crippen molar-refractivity contribution >= 4 is 0 Å². The van der Waals surface area contributed by atoms with Gasteiger partial charge in [-0.3, -0.25) is 0 Å². The molecule has 86 valence electrons. The largest absolute Gasteiger partial charge is 0.321 e. The van der Waals surface area contributed by atoms with Gasteiger partial charge in [-0.25, -0.2) is 4.39 Å². The summed E-state index contributed by atoms with van der Waals surface area (Å²) in [6.07, 6.45) is 5.12. The van der Waals surface area contributed by atoms with E-state index in [0.717, 1.165) is 37.7 Å². The highest BCUT2D eigenvalue weighted by atomic mass is 19.1. The van der Waals surface area contributed by atoms with Crippen LogP contribution in [-0.2, 0) is 12.0 Å². The van der Waals surface area contributed by atoms with Gasteiger partial charge in [0.25, 0.3) is 0 Å². The van der Waals surface area contributed by atoms with E-state index in [1.807, 2.05) is 18.2 Å². The molecule has 1 nitrogen and oxygen atoms in total. The fourth-order valence-electron chi connectivity index (χ4n) is 2.64. The number of alkyl halides is 1. The Labute approximate surface area is 95.8 Å². The molecule has 0 radical (unpaired) electrons. The minimum atomic E-state index is -0.943. The van der Waals surface area contributed by atoms with Gasteiger partial charge in [0.15, 0.2) is 0 Å². The molecule has 1 aromatic rings. The molecule has 0 aromatic heterocycles. The van der Waals surface area contributed by atoms with Crippen LogP contribution in [0.2, 0.25) is 0 Å². The molecule has 2 aliphatic carbocycles. The quantitative estimate of drug-likeness (QED) is 0.830. The SMILES string of the molecule is NC1(c2ccccc2CC2(F)CCC2)CC1. The van der Waals surface area contributed by atoms with E-state index in [-0.39, 0.29) is 5.54 Å². The van der Waals surface area contributed by atoms with Gasteiger partial charge >= 0.3 is 0 Å². The first-order valence-electron chi connectivity index (χ1n) is 6.18. The second-order valence-corrected chi connectivity index (χ2v) is 5.49. The second-order valence-electron chi connectivity index (χ2n) is 5.49. The lowest BCUT2D eigenvalue weighted by Gasteiger charge is -2.34. The Morgan fingerprint density at radius 3 is 2.38 bits per heavy atom. The van der Waals surface area contributed by atoms with E-state index < -0.39 is 5.67 Å². The Kier molecular flexibility index (Phi) is 2.12. The van der Waals surface area contributed by atoms with E-state index in [2.05, 4.69) is 6.07 Å². The van der Waals surface area contributed by atoms with Crippen LogP contribution in [0.3, 0.4) is 0 Å². The van der Waals surface area contributed by atoms with Gasteiger partial charge < -0.3 is 5.73 Å². The highest BCUT2D eigenvalue weighted by Crippen LogP contribution is 2.46. The number of rotatable bonds is 3. The summed E-state index contributed by atoms with van der Waals surface area (Å²) in [4.78, 5) is 0. The zero-order valence-corrected chi connectivity index (χ0v) is 9.51. The summed E-state index contributed by atoms with van der Waals surface area (Å²) in [5, 5.41) is 0. The average molecular weight is 219 g/mol. The van der Waals surface area contributed by atoms with Crippen molar-refractivity contribution in [2.75, 3.05) is 0 Å². The van der Waals surface area contributed by atoms with Crippen molar-refractivity contribution in [1.29, 1.82) is 0 Å². The molecule has 2 aliphatic rings. The third-order valence-electron chi connectivity index (χ3n) is 4.10. The fourth-order valence-corrected chi connectivity index (χ4v) is 2.64. The molecule has 16 heavy (non-hydrogen) atoms. The first-order chi connectivity index (χ1) is 7.61. The molecular formula is C14H18FN. The molecule has 0 aliphatic heterocycles. The van der Waals surface area contributed by atoms with E-state index in [1.54, 1.807) is 0 Å². The Balaban J connectivity index is 1.88. The van der Waals surface area contributed by atoms with Crippen LogP contribution >= 0.6 is 0 Å². The molecule has 0 heterocycles. The average Bonchev–Trinajstić information content (AvgIpc) is 2.96. The summed E-state index contributed by atoms with van der Waals surface area (Å²) >= 11 is 0. The molecular weight excluding hydrogens is 201 g/mol. The van der Waals surface area contributed by atoms with Crippen molar-refractivity contribution in [2.45, 2.75) is 49.7 Å². The smallest absolute Gasteiger partial charge is 0.115 e. The molecule has 0 spiro atoms. The molecule has 0 bridgehead atoms. The predicted octanol–water partition coefficient (Wildman–Crippen LogP) is 3.07. The summed E-state index contributed by atoms with van der Waals surface area (Å²) in [7, 11) is 0. The number of hydrogen-bond donors (Lipinski definition) is 1. The number of hydrogen-bond acceptors (Lipinski definition) is 1. The fraction of sp³-hybridized carbons (Fsp3) is 0.571. The predicted molar refractivity (Wildman–Crippen MR) is 62.9 cm³/mol. The minimum Gasteiger partial charge on any atom is -0.321 e. The maximum absolute atomic E-state index is 14.1. The van der Waals surface area contributed by atoms with Gasteiger partial charge in [0, 0.05) is 12.0 Å². The molecule has 3 rings (SSSR count). The van der Waals surface area contributed by atoms with Crippen LogP contribution in [0.1, 0.15) is 43.2 Å². The standard InChI is InChI=1S/C14H18FN/c15-13(6-3-7-13)10-11-4-1-2-5-12(11)14(16)8-9-14/h1-2,4-5H,3,6-10,16H2. The lowest BCUT2D eigenvalue weighted by Crippen LogP contribution is -2.35. The van der Waals surface area contributed by atoms with E-state index in [1.165, 1.54) is 5.56 Å². The van der Waals surface area contributed by atoms with Gasteiger partial charge in [-0.1, -0.05) is 24.3 Å². The van der Waals surface area contributed by atoms with E-state index in [9.17, 15) is 4.39 Å². The van der Waals surface area contributed by atoms with Gasteiger partial charge in [0.1, 0.15) is 5.67 Å². The van der Waals surface area contributed by atoms with Gasteiger partial charge in [-0.2, -0.15) is 0 Å². The monoisotopic (exact) mass is 219 g/mol. The summed E-state index contributed by atoms with van der Waals surface area (Å²) in [5.74, 6) is 0. The van der Waals surface area contributed by atoms with Gasteiger partial charge in [-0.15, -0.1) is 0 Å². The van der Waals surface area contributed by atoms with Crippen LogP contribution in [0.15, 0.2) is 24.3 Å². The van der Waals surface area contributed by atoms with E-state index in [0.29, 0.717) is 6.42 Å². The van der Waals surface area contributed by atoms with Crippen molar-refractivity contribution < 1.29 is 4.39 Å². The molecule has 0 saturated heterocycles. The van der Waals surface area contributed by atoms with Crippen molar-refractivity contribution in [1.82, 2.24) is 0 Å². The molecule has 2 N–H and O–H groups in total. The Morgan fingerprint density at radius 2 is 1.81 bits per heavy atom. The van der Waals surface area contributed by atoms with Crippen LogP contribution in [0.25, 0.3) is 0 Å².